The molecule has 2 N–H and O–H groups in total. The van der Waals surface area contributed by atoms with Gasteiger partial charge in [0.25, 0.3) is 5.56 Å². The fraction of sp³-hybridized carbons (Fsp3) is 0.706. The molecule has 0 saturated carbocycles. The van der Waals surface area contributed by atoms with E-state index in [4.69, 9.17) is 5.73 Å². The maximum atomic E-state index is 11.7. The molecule has 1 heterocycles. The zero-order valence-corrected chi connectivity index (χ0v) is 12.9. The van der Waals surface area contributed by atoms with Gasteiger partial charge in [0, 0.05) is 12.7 Å². The molecule has 0 radical (unpaired) electrons. The number of hydrogen-bond donors (Lipinski definition) is 1. The molecule has 1 aromatic heterocycles. The molecule has 1 aromatic rings. The minimum atomic E-state index is -0.0524. The summed E-state index contributed by atoms with van der Waals surface area (Å²) >= 11 is 0. The second-order valence-electron chi connectivity index (χ2n) is 5.64. The van der Waals surface area contributed by atoms with E-state index in [0.717, 1.165) is 13.0 Å². The summed E-state index contributed by atoms with van der Waals surface area (Å²) in [5, 5.41) is 0. The molecule has 0 unspecified atom stereocenters. The SMILES string of the molecule is CCCCCCCCCCCCn1cccc(N)c1=O. The molecule has 20 heavy (non-hydrogen) atoms. The maximum absolute atomic E-state index is 11.7. The molecule has 3 heteroatoms. The number of rotatable bonds is 11. The van der Waals surface area contributed by atoms with E-state index in [0.29, 0.717) is 5.69 Å². The molecule has 3 nitrogen and oxygen atoms in total. The van der Waals surface area contributed by atoms with Crippen LogP contribution in [-0.2, 0) is 6.54 Å². The van der Waals surface area contributed by atoms with Gasteiger partial charge in [-0.25, -0.2) is 0 Å². The first-order chi connectivity index (χ1) is 9.75. The predicted molar refractivity (Wildman–Crippen MR) is 87.0 cm³/mol. The Kier molecular flexibility index (Phi) is 8.84. The normalized spacial score (nSPS) is 10.8. The quantitative estimate of drug-likeness (QED) is 0.612. The van der Waals surface area contributed by atoms with Gasteiger partial charge in [-0.3, -0.25) is 4.79 Å². The molecule has 0 saturated heterocycles. The van der Waals surface area contributed by atoms with Crippen LogP contribution in [0, 0.1) is 0 Å². The van der Waals surface area contributed by atoms with Gasteiger partial charge in [0.05, 0.1) is 5.69 Å². The standard InChI is InChI=1S/C17H30N2O/c1-2-3-4-5-6-7-8-9-10-11-14-19-15-12-13-16(18)17(19)20/h12-13,15H,2-11,14,18H2,1H3. The molecule has 0 amide bonds. The number of nitrogen functional groups attached to an aromatic ring is 1. The second-order valence-corrected chi connectivity index (χ2v) is 5.64. The van der Waals surface area contributed by atoms with Crippen molar-refractivity contribution in [3.63, 3.8) is 0 Å². The van der Waals surface area contributed by atoms with Crippen LogP contribution in [-0.4, -0.2) is 4.57 Å². The van der Waals surface area contributed by atoms with Gasteiger partial charge < -0.3 is 10.3 Å². The van der Waals surface area contributed by atoms with Gasteiger partial charge in [0.15, 0.2) is 0 Å². The minimum absolute atomic E-state index is 0.0524. The van der Waals surface area contributed by atoms with Crippen LogP contribution in [0.3, 0.4) is 0 Å². The minimum Gasteiger partial charge on any atom is -0.394 e. The van der Waals surface area contributed by atoms with Crippen molar-refractivity contribution in [2.24, 2.45) is 0 Å². The average Bonchev–Trinajstić information content (AvgIpc) is 2.45. The smallest absolute Gasteiger partial charge is 0.273 e. The molecular weight excluding hydrogens is 248 g/mol. The Morgan fingerprint density at radius 3 is 2.10 bits per heavy atom. The highest BCUT2D eigenvalue weighted by Gasteiger charge is 1.98. The fourth-order valence-corrected chi connectivity index (χ4v) is 2.50. The lowest BCUT2D eigenvalue weighted by atomic mass is 10.1. The van der Waals surface area contributed by atoms with Crippen LogP contribution in [0.4, 0.5) is 5.69 Å². The van der Waals surface area contributed by atoms with Gasteiger partial charge in [-0.1, -0.05) is 64.7 Å². The first kappa shape index (κ1) is 16.8. The van der Waals surface area contributed by atoms with Crippen LogP contribution in [0.1, 0.15) is 71.1 Å². The summed E-state index contributed by atoms with van der Waals surface area (Å²) in [4.78, 5) is 11.7. The first-order valence-electron chi connectivity index (χ1n) is 8.20. The molecular formula is C17H30N2O. The van der Waals surface area contributed by atoms with E-state index >= 15 is 0 Å². The number of pyridine rings is 1. The topological polar surface area (TPSA) is 48.0 Å². The van der Waals surface area contributed by atoms with Gasteiger partial charge in [-0.05, 0) is 18.6 Å². The third-order valence-corrected chi connectivity index (χ3v) is 3.80. The van der Waals surface area contributed by atoms with Gasteiger partial charge in [0.1, 0.15) is 0 Å². The van der Waals surface area contributed by atoms with Gasteiger partial charge in [0.2, 0.25) is 0 Å². The summed E-state index contributed by atoms with van der Waals surface area (Å²) in [6.45, 7) is 3.05. The van der Waals surface area contributed by atoms with E-state index in [1.54, 1.807) is 10.6 Å². The highest BCUT2D eigenvalue weighted by molar-refractivity contribution is 5.33. The molecule has 1 rings (SSSR count). The fourth-order valence-electron chi connectivity index (χ4n) is 2.50. The summed E-state index contributed by atoms with van der Waals surface area (Å²) < 4.78 is 1.72. The van der Waals surface area contributed by atoms with Crippen molar-refractivity contribution in [2.75, 3.05) is 5.73 Å². The predicted octanol–water partition coefficient (Wildman–Crippen LogP) is 4.35. The van der Waals surface area contributed by atoms with E-state index < -0.39 is 0 Å². The summed E-state index contributed by atoms with van der Waals surface area (Å²) in [5.74, 6) is 0. The zero-order valence-electron chi connectivity index (χ0n) is 12.9. The Morgan fingerprint density at radius 1 is 0.950 bits per heavy atom. The Hall–Kier alpha value is -1.25. The number of nitrogens with zero attached hydrogens (tertiary/aromatic N) is 1. The second kappa shape index (κ2) is 10.5. The maximum Gasteiger partial charge on any atom is 0.273 e. The molecule has 0 aromatic carbocycles. The lowest BCUT2D eigenvalue weighted by Crippen LogP contribution is -2.21. The van der Waals surface area contributed by atoms with E-state index in [2.05, 4.69) is 6.92 Å². The highest BCUT2D eigenvalue weighted by atomic mass is 16.1. The van der Waals surface area contributed by atoms with Crippen LogP contribution in [0.25, 0.3) is 0 Å². The third kappa shape index (κ3) is 6.78. The number of unbranched alkanes of at least 4 members (excludes halogenated alkanes) is 9. The Balaban J connectivity index is 2.00. The van der Waals surface area contributed by atoms with E-state index in [9.17, 15) is 4.79 Å². The Morgan fingerprint density at radius 2 is 1.50 bits per heavy atom. The van der Waals surface area contributed by atoms with Crippen molar-refractivity contribution in [1.82, 2.24) is 4.57 Å². The van der Waals surface area contributed by atoms with Crippen LogP contribution in [0.2, 0.25) is 0 Å². The monoisotopic (exact) mass is 278 g/mol. The van der Waals surface area contributed by atoms with Crippen molar-refractivity contribution in [1.29, 1.82) is 0 Å². The Bertz CT molecular complexity index is 412. The van der Waals surface area contributed by atoms with Gasteiger partial charge in [-0.2, -0.15) is 0 Å². The first-order valence-corrected chi connectivity index (χ1v) is 8.20. The molecule has 0 spiro atoms. The van der Waals surface area contributed by atoms with Gasteiger partial charge in [-0.15, -0.1) is 0 Å². The summed E-state index contributed by atoms with van der Waals surface area (Å²) in [6, 6.07) is 3.50. The number of anilines is 1. The average molecular weight is 278 g/mol. The third-order valence-electron chi connectivity index (χ3n) is 3.80. The van der Waals surface area contributed by atoms with Gasteiger partial charge >= 0.3 is 0 Å². The lowest BCUT2D eigenvalue weighted by molar-refractivity contribution is 0.530. The largest absolute Gasteiger partial charge is 0.394 e. The number of aryl methyl sites for hydroxylation is 1. The molecule has 0 atom stereocenters. The zero-order chi connectivity index (χ0) is 14.6. The van der Waals surface area contributed by atoms with E-state index in [1.165, 1.54) is 57.8 Å². The highest BCUT2D eigenvalue weighted by Crippen LogP contribution is 2.10. The van der Waals surface area contributed by atoms with Crippen LogP contribution in [0.15, 0.2) is 23.1 Å². The van der Waals surface area contributed by atoms with Crippen LogP contribution >= 0.6 is 0 Å². The molecule has 0 aliphatic rings. The van der Waals surface area contributed by atoms with E-state index in [1.807, 2.05) is 12.3 Å². The Labute approximate surface area is 123 Å². The van der Waals surface area contributed by atoms with Crippen molar-refractivity contribution >= 4 is 5.69 Å². The molecule has 114 valence electrons. The lowest BCUT2D eigenvalue weighted by Gasteiger charge is -2.06. The molecule has 0 aliphatic heterocycles. The van der Waals surface area contributed by atoms with Crippen molar-refractivity contribution in [3.05, 3.63) is 28.7 Å². The van der Waals surface area contributed by atoms with Crippen molar-refractivity contribution in [3.8, 4) is 0 Å². The summed E-state index contributed by atoms with van der Waals surface area (Å²) in [7, 11) is 0. The van der Waals surface area contributed by atoms with Crippen LogP contribution in [0.5, 0.6) is 0 Å². The number of nitrogens with two attached hydrogens (primary N) is 1. The molecule has 0 fully saturated rings. The van der Waals surface area contributed by atoms with E-state index in [-0.39, 0.29) is 5.56 Å². The van der Waals surface area contributed by atoms with Crippen LogP contribution < -0.4 is 11.3 Å². The van der Waals surface area contributed by atoms with Crippen molar-refractivity contribution < 1.29 is 0 Å². The molecule has 0 aliphatic carbocycles. The summed E-state index contributed by atoms with van der Waals surface area (Å²) in [6.07, 6.45) is 15.0. The number of hydrogen-bond acceptors (Lipinski definition) is 2. The summed E-state index contributed by atoms with van der Waals surface area (Å²) in [5.41, 5.74) is 5.90. The number of aromatic nitrogens is 1. The van der Waals surface area contributed by atoms with Crippen molar-refractivity contribution in [2.45, 2.75) is 77.7 Å². The molecule has 0 bridgehead atoms.